The van der Waals surface area contributed by atoms with Crippen LogP contribution < -0.4 is 5.73 Å². The topological polar surface area (TPSA) is 47.7 Å². The lowest BCUT2D eigenvalue weighted by molar-refractivity contribution is -0.194. The predicted octanol–water partition coefficient (Wildman–Crippen LogP) is 1.66. The number of halogens is 1. The van der Waals surface area contributed by atoms with Gasteiger partial charge in [-0.15, -0.1) is 0 Å². The van der Waals surface area contributed by atoms with Crippen LogP contribution in [0.15, 0.2) is 24.3 Å². The number of hydrogen-bond donors (Lipinski definition) is 1. The van der Waals surface area contributed by atoms with E-state index < -0.39 is 5.79 Å². The van der Waals surface area contributed by atoms with Gasteiger partial charge < -0.3 is 15.2 Å². The molecule has 1 aromatic rings. The highest BCUT2D eigenvalue weighted by atomic mass is 19.1. The van der Waals surface area contributed by atoms with Crippen molar-refractivity contribution in [1.82, 2.24) is 4.90 Å². The Kier molecular flexibility index (Phi) is 4.03. The van der Waals surface area contributed by atoms with Crippen molar-refractivity contribution in [2.24, 2.45) is 5.73 Å². The fraction of sp³-hybridized carbons (Fsp3) is 0.600. The number of likely N-dealkylation sites (tertiary alicyclic amines) is 1. The predicted molar refractivity (Wildman–Crippen MR) is 73.6 cm³/mol. The number of hydrogen-bond acceptors (Lipinski definition) is 4. The first-order valence-corrected chi connectivity index (χ1v) is 7.20. The molecule has 110 valence electrons. The lowest BCUT2D eigenvalue weighted by atomic mass is 9.98. The highest BCUT2D eigenvalue weighted by molar-refractivity contribution is 5.22. The van der Waals surface area contributed by atoms with Gasteiger partial charge in [0.15, 0.2) is 5.79 Å². The van der Waals surface area contributed by atoms with Crippen molar-refractivity contribution >= 4 is 0 Å². The Morgan fingerprint density at radius 1 is 1.30 bits per heavy atom. The highest BCUT2D eigenvalue weighted by Gasteiger charge is 2.42. The molecular formula is C15H21FN2O2. The third-order valence-electron chi connectivity index (χ3n) is 4.19. The van der Waals surface area contributed by atoms with E-state index in [1.807, 2.05) is 12.1 Å². The minimum atomic E-state index is -0.503. The fourth-order valence-corrected chi connectivity index (χ4v) is 3.24. The number of piperidine rings is 1. The molecular weight excluding hydrogens is 259 g/mol. The zero-order chi connectivity index (χ0) is 14.0. The Hall–Kier alpha value is -1.01. The summed E-state index contributed by atoms with van der Waals surface area (Å²) in [4.78, 5) is 2.19. The van der Waals surface area contributed by atoms with Crippen molar-refractivity contribution < 1.29 is 13.9 Å². The second-order valence-electron chi connectivity index (χ2n) is 5.45. The van der Waals surface area contributed by atoms with Crippen LogP contribution in [0.2, 0.25) is 0 Å². The normalized spacial score (nSPS) is 24.1. The molecule has 3 rings (SSSR count). The molecule has 0 aromatic heterocycles. The zero-order valence-electron chi connectivity index (χ0n) is 11.6. The van der Waals surface area contributed by atoms with Crippen molar-refractivity contribution in [2.75, 3.05) is 32.8 Å². The molecule has 2 aliphatic rings. The summed E-state index contributed by atoms with van der Waals surface area (Å²) in [5.41, 5.74) is 6.56. The summed E-state index contributed by atoms with van der Waals surface area (Å²) in [5.74, 6) is -0.701. The van der Waals surface area contributed by atoms with Gasteiger partial charge in [0.25, 0.3) is 0 Å². The average Bonchev–Trinajstić information content (AvgIpc) is 2.90. The maximum Gasteiger partial charge on any atom is 0.181 e. The quantitative estimate of drug-likeness (QED) is 0.915. The first kappa shape index (κ1) is 13.9. The third-order valence-corrected chi connectivity index (χ3v) is 4.19. The van der Waals surface area contributed by atoms with Crippen LogP contribution in [0, 0.1) is 5.82 Å². The number of nitrogens with two attached hydrogens (primary N) is 1. The van der Waals surface area contributed by atoms with Crippen LogP contribution in [0.1, 0.15) is 24.4 Å². The van der Waals surface area contributed by atoms with Crippen LogP contribution >= 0.6 is 0 Å². The molecule has 1 unspecified atom stereocenters. The van der Waals surface area contributed by atoms with Gasteiger partial charge in [-0.05, 0) is 19.0 Å². The van der Waals surface area contributed by atoms with Crippen LogP contribution in [0.4, 0.5) is 4.39 Å². The SMILES string of the molecule is NCC(c1ccccc1F)N1CCCC2(C1)OCCO2. The van der Waals surface area contributed by atoms with E-state index in [0.717, 1.165) is 19.4 Å². The summed E-state index contributed by atoms with van der Waals surface area (Å²) in [5, 5.41) is 0. The minimum Gasteiger partial charge on any atom is -0.346 e. The van der Waals surface area contributed by atoms with Crippen molar-refractivity contribution in [2.45, 2.75) is 24.7 Å². The molecule has 1 atom stereocenters. The van der Waals surface area contributed by atoms with Gasteiger partial charge >= 0.3 is 0 Å². The number of benzene rings is 1. The number of nitrogens with zero attached hydrogens (tertiary/aromatic N) is 1. The molecule has 2 aliphatic heterocycles. The fourth-order valence-electron chi connectivity index (χ4n) is 3.24. The smallest absolute Gasteiger partial charge is 0.181 e. The van der Waals surface area contributed by atoms with Crippen LogP contribution in [0.5, 0.6) is 0 Å². The second kappa shape index (κ2) is 5.77. The second-order valence-corrected chi connectivity index (χ2v) is 5.45. The zero-order valence-corrected chi connectivity index (χ0v) is 11.6. The van der Waals surface area contributed by atoms with Crippen molar-refractivity contribution in [3.8, 4) is 0 Å². The summed E-state index contributed by atoms with van der Waals surface area (Å²) >= 11 is 0. The van der Waals surface area contributed by atoms with Crippen molar-refractivity contribution in [1.29, 1.82) is 0 Å². The van der Waals surface area contributed by atoms with Crippen molar-refractivity contribution in [3.05, 3.63) is 35.6 Å². The van der Waals surface area contributed by atoms with E-state index in [0.29, 0.717) is 31.9 Å². The maximum absolute atomic E-state index is 14.0. The molecule has 1 spiro atoms. The molecule has 4 nitrogen and oxygen atoms in total. The first-order chi connectivity index (χ1) is 9.74. The van der Waals surface area contributed by atoms with Crippen LogP contribution in [0.25, 0.3) is 0 Å². The highest BCUT2D eigenvalue weighted by Crippen LogP contribution is 2.34. The molecule has 20 heavy (non-hydrogen) atoms. The minimum absolute atomic E-state index is 0.124. The molecule has 2 fully saturated rings. The van der Waals surface area contributed by atoms with Gasteiger partial charge in [-0.1, -0.05) is 18.2 Å². The monoisotopic (exact) mass is 280 g/mol. The van der Waals surface area contributed by atoms with Gasteiger partial charge in [0, 0.05) is 18.5 Å². The van der Waals surface area contributed by atoms with E-state index in [2.05, 4.69) is 4.90 Å². The molecule has 1 aromatic carbocycles. The number of rotatable bonds is 3. The van der Waals surface area contributed by atoms with E-state index in [1.54, 1.807) is 6.07 Å². The molecule has 0 radical (unpaired) electrons. The molecule has 2 heterocycles. The Bertz CT molecular complexity index is 463. The molecule has 0 amide bonds. The standard InChI is InChI=1S/C15H21FN2O2/c16-13-5-2-1-4-12(13)14(10-17)18-7-3-6-15(11-18)19-8-9-20-15/h1-2,4-5,14H,3,6-11,17H2. The van der Waals surface area contributed by atoms with Gasteiger partial charge in [0.2, 0.25) is 0 Å². The summed E-state index contributed by atoms with van der Waals surface area (Å²) < 4.78 is 25.6. The Morgan fingerprint density at radius 2 is 2.05 bits per heavy atom. The van der Waals surface area contributed by atoms with Gasteiger partial charge in [-0.25, -0.2) is 4.39 Å². The van der Waals surface area contributed by atoms with Crippen molar-refractivity contribution in [3.63, 3.8) is 0 Å². The van der Waals surface area contributed by atoms with Gasteiger partial charge in [0.1, 0.15) is 5.82 Å². The summed E-state index contributed by atoms with van der Waals surface area (Å²) in [7, 11) is 0. The summed E-state index contributed by atoms with van der Waals surface area (Å²) in [6, 6.07) is 6.72. The molecule has 2 saturated heterocycles. The summed E-state index contributed by atoms with van der Waals surface area (Å²) in [6.45, 7) is 3.21. The average molecular weight is 280 g/mol. The van der Waals surface area contributed by atoms with Gasteiger partial charge in [-0.3, -0.25) is 4.90 Å². The molecule has 0 aliphatic carbocycles. The molecule has 0 saturated carbocycles. The number of ether oxygens (including phenoxy) is 2. The lowest BCUT2D eigenvalue weighted by Crippen LogP contribution is -2.51. The van der Waals surface area contributed by atoms with Crippen LogP contribution in [-0.2, 0) is 9.47 Å². The van der Waals surface area contributed by atoms with Crippen LogP contribution in [0.3, 0.4) is 0 Å². The lowest BCUT2D eigenvalue weighted by Gasteiger charge is -2.42. The van der Waals surface area contributed by atoms with E-state index in [-0.39, 0.29) is 11.9 Å². The third kappa shape index (κ3) is 2.59. The Balaban J connectivity index is 1.81. The van der Waals surface area contributed by atoms with E-state index in [1.165, 1.54) is 6.07 Å². The van der Waals surface area contributed by atoms with E-state index >= 15 is 0 Å². The van der Waals surface area contributed by atoms with E-state index in [4.69, 9.17) is 15.2 Å². The largest absolute Gasteiger partial charge is 0.346 e. The Labute approximate surface area is 118 Å². The van der Waals surface area contributed by atoms with Gasteiger partial charge in [-0.2, -0.15) is 0 Å². The molecule has 2 N–H and O–H groups in total. The van der Waals surface area contributed by atoms with Crippen LogP contribution in [-0.4, -0.2) is 43.5 Å². The molecule has 5 heteroatoms. The van der Waals surface area contributed by atoms with Gasteiger partial charge in [0.05, 0.1) is 25.8 Å². The first-order valence-electron chi connectivity index (χ1n) is 7.20. The van der Waals surface area contributed by atoms with E-state index in [9.17, 15) is 4.39 Å². The summed E-state index contributed by atoms with van der Waals surface area (Å²) in [6.07, 6.45) is 1.88. The maximum atomic E-state index is 14.0. The Morgan fingerprint density at radius 3 is 2.75 bits per heavy atom. The molecule has 0 bridgehead atoms.